The Morgan fingerprint density at radius 3 is 2.78 bits per heavy atom. The topological polar surface area (TPSA) is 55.1 Å². The number of hydrogen-bond donors (Lipinski definition) is 1. The molecule has 1 atom stereocenters. The molecule has 1 heterocycles. The van der Waals surface area contributed by atoms with Gasteiger partial charge in [-0.15, -0.1) is 0 Å². The normalized spacial score (nSPS) is 13.6. The van der Waals surface area contributed by atoms with Gasteiger partial charge < -0.3 is 0 Å². The Labute approximate surface area is 54.9 Å². The number of nitrogens with zero attached hydrogens (tertiary/aromatic N) is 2. The van der Waals surface area contributed by atoms with Crippen LogP contribution in [0, 0.1) is 6.92 Å². The lowest BCUT2D eigenvalue weighted by molar-refractivity contribution is 0.554. The molecule has 4 nitrogen and oxygen atoms in total. The molecule has 0 radical (unpaired) electrons. The molecule has 1 rings (SSSR count). The average molecular weight is 146 g/mol. The SMILES string of the molecule is Cc1cn(S(=O)O)cn1. The van der Waals surface area contributed by atoms with Crippen molar-refractivity contribution in [1.82, 2.24) is 8.96 Å². The van der Waals surface area contributed by atoms with Crippen LogP contribution in [0.1, 0.15) is 5.69 Å². The zero-order chi connectivity index (χ0) is 6.85. The summed E-state index contributed by atoms with van der Waals surface area (Å²) in [6.07, 6.45) is 2.81. The highest BCUT2D eigenvalue weighted by atomic mass is 32.2. The van der Waals surface area contributed by atoms with Gasteiger partial charge in [0.25, 0.3) is 11.3 Å². The lowest BCUT2D eigenvalue weighted by Gasteiger charge is -1.87. The van der Waals surface area contributed by atoms with Crippen molar-refractivity contribution in [3.05, 3.63) is 18.2 Å². The lowest BCUT2D eigenvalue weighted by atomic mass is 10.6. The molecule has 0 amide bonds. The highest BCUT2D eigenvalue weighted by Crippen LogP contribution is 1.92. The van der Waals surface area contributed by atoms with Gasteiger partial charge in [0, 0.05) is 6.20 Å². The van der Waals surface area contributed by atoms with E-state index in [-0.39, 0.29) is 0 Å². The molecule has 0 aromatic carbocycles. The van der Waals surface area contributed by atoms with Gasteiger partial charge in [0.15, 0.2) is 0 Å². The van der Waals surface area contributed by atoms with Gasteiger partial charge in [0.05, 0.1) is 5.69 Å². The summed E-state index contributed by atoms with van der Waals surface area (Å²) < 4.78 is 19.8. The van der Waals surface area contributed by atoms with Gasteiger partial charge in [-0.05, 0) is 6.92 Å². The molecule has 0 aliphatic heterocycles. The second-order valence-electron chi connectivity index (χ2n) is 1.61. The number of aromatic nitrogens is 2. The predicted molar refractivity (Wildman–Crippen MR) is 33.1 cm³/mol. The fraction of sp³-hybridized carbons (Fsp3) is 0.250. The molecule has 0 fully saturated rings. The largest absolute Gasteiger partial charge is 0.289 e. The monoisotopic (exact) mass is 146 g/mol. The van der Waals surface area contributed by atoms with E-state index >= 15 is 0 Å². The van der Waals surface area contributed by atoms with E-state index in [1.807, 2.05) is 0 Å². The molecule has 1 N–H and O–H groups in total. The number of imidazole rings is 1. The Morgan fingerprint density at radius 2 is 2.56 bits per heavy atom. The van der Waals surface area contributed by atoms with Crippen molar-refractivity contribution in [2.24, 2.45) is 0 Å². The van der Waals surface area contributed by atoms with Crippen molar-refractivity contribution in [1.29, 1.82) is 0 Å². The number of rotatable bonds is 1. The Kier molecular flexibility index (Phi) is 1.63. The van der Waals surface area contributed by atoms with Crippen molar-refractivity contribution >= 4 is 11.3 Å². The summed E-state index contributed by atoms with van der Waals surface area (Å²) in [5, 5.41) is 0. The van der Waals surface area contributed by atoms with Crippen LogP contribution >= 0.6 is 0 Å². The Bertz CT molecular complexity index is 232. The van der Waals surface area contributed by atoms with Gasteiger partial charge in [0.1, 0.15) is 6.33 Å². The van der Waals surface area contributed by atoms with Crippen LogP contribution in [0.15, 0.2) is 12.5 Å². The van der Waals surface area contributed by atoms with Crippen LogP contribution in [0.3, 0.4) is 0 Å². The van der Waals surface area contributed by atoms with E-state index < -0.39 is 11.3 Å². The van der Waals surface area contributed by atoms with E-state index in [1.54, 1.807) is 6.92 Å². The van der Waals surface area contributed by atoms with Gasteiger partial charge in [-0.2, -0.15) is 0 Å². The third kappa shape index (κ3) is 1.36. The van der Waals surface area contributed by atoms with E-state index in [1.165, 1.54) is 12.5 Å². The summed E-state index contributed by atoms with van der Waals surface area (Å²) in [6, 6.07) is 0. The molecule has 5 heteroatoms. The first-order valence-corrected chi connectivity index (χ1v) is 3.38. The standard InChI is InChI=1S/C4H6N2O2S/c1-4-2-6(3-5-4)9(7)8/h2-3H,1H3,(H,7,8). The smallest absolute Gasteiger partial charge is 0.266 e. The van der Waals surface area contributed by atoms with Gasteiger partial charge in [-0.1, -0.05) is 0 Å². The molecule has 0 spiro atoms. The molecule has 0 saturated carbocycles. The van der Waals surface area contributed by atoms with Crippen molar-refractivity contribution in [2.45, 2.75) is 6.92 Å². The van der Waals surface area contributed by atoms with Gasteiger partial charge in [0.2, 0.25) is 0 Å². The minimum atomic E-state index is -1.95. The first-order chi connectivity index (χ1) is 4.20. The number of aryl methyl sites for hydroxylation is 1. The summed E-state index contributed by atoms with van der Waals surface area (Å²) in [7, 11) is 0. The molecule has 0 bridgehead atoms. The van der Waals surface area contributed by atoms with Crippen LogP contribution in [0.5, 0.6) is 0 Å². The maximum atomic E-state index is 10.2. The highest BCUT2D eigenvalue weighted by Gasteiger charge is 1.95. The van der Waals surface area contributed by atoms with Crippen LogP contribution in [0.4, 0.5) is 0 Å². The third-order valence-electron chi connectivity index (χ3n) is 0.870. The van der Waals surface area contributed by atoms with Gasteiger partial charge >= 0.3 is 0 Å². The van der Waals surface area contributed by atoms with E-state index in [2.05, 4.69) is 4.98 Å². The molecule has 1 unspecified atom stereocenters. The van der Waals surface area contributed by atoms with Crippen LogP contribution in [0.25, 0.3) is 0 Å². The lowest BCUT2D eigenvalue weighted by Crippen LogP contribution is -1.97. The van der Waals surface area contributed by atoms with E-state index in [0.29, 0.717) is 0 Å². The quantitative estimate of drug-likeness (QED) is 0.575. The van der Waals surface area contributed by atoms with E-state index in [4.69, 9.17) is 4.55 Å². The van der Waals surface area contributed by atoms with Crippen LogP contribution in [-0.2, 0) is 11.3 Å². The molecule has 9 heavy (non-hydrogen) atoms. The first-order valence-electron chi connectivity index (χ1n) is 2.32. The van der Waals surface area contributed by atoms with E-state index in [0.717, 1.165) is 9.67 Å². The Morgan fingerprint density at radius 1 is 1.89 bits per heavy atom. The van der Waals surface area contributed by atoms with Gasteiger partial charge in [-0.25, -0.2) is 13.2 Å². The van der Waals surface area contributed by atoms with Crippen molar-refractivity contribution in [3.63, 3.8) is 0 Å². The summed E-state index contributed by atoms with van der Waals surface area (Å²) >= 11 is -1.95. The number of hydrogen-bond acceptors (Lipinski definition) is 2. The Balaban J connectivity index is 2.98. The maximum Gasteiger partial charge on any atom is 0.266 e. The molecule has 0 saturated heterocycles. The zero-order valence-corrected chi connectivity index (χ0v) is 5.63. The molecule has 0 aliphatic carbocycles. The predicted octanol–water partition coefficient (Wildman–Crippen LogP) is 0.176. The van der Waals surface area contributed by atoms with Crippen molar-refractivity contribution < 1.29 is 8.76 Å². The average Bonchev–Trinajstić information content (AvgIpc) is 2.14. The van der Waals surface area contributed by atoms with E-state index in [9.17, 15) is 4.21 Å². The van der Waals surface area contributed by atoms with Crippen LogP contribution in [-0.4, -0.2) is 17.7 Å². The third-order valence-corrected chi connectivity index (χ3v) is 1.43. The van der Waals surface area contributed by atoms with Crippen molar-refractivity contribution in [2.75, 3.05) is 0 Å². The van der Waals surface area contributed by atoms with Crippen molar-refractivity contribution in [3.8, 4) is 0 Å². The molecular weight excluding hydrogens is 140 g/mol. The minimum Gasteiger partial charge on any atom is -0.289 e. The molecule has 0 aliphatic rings. The summed E-state index contributed by atoms with van der Waals surface area (Å²) in [5.41, 5.74) is 0.734. The van der Waals surface area contributed by atoms with Crippen LogP contribution in [0.2, 0.25) is 0 Å². The molecule has 1 aromatic rings. The maximum absolute atomic E-state index is 10.2. The molecular formula is C4H6N2O2S. The second-order valence-corrected chi connectivity index (χ2v) is 2.49. The summed E-state index contributed by atoms with van der Waals surface area (Å²) in [5.74, 6) is 0. The molecule has 1 aromatic heterocycles. The molecule has 50 valence electrons. The fourth-order valence-electron chi connectivity index (χ4n) is 0.484. The van der Waals surface area contributed by atoms with Crippen LogP contribution < -0.4 is 0 Å². The second kappa shape index (κ2) is 2.28. The fourth-order valence-corrected chi connectivity index (χ4v) is 0.855. The highest BCUT2D eigenvalue weighted by molar-refractivity contribution is 7.77. The van der Waals surface area contributed by atoms with Gasteiger partial charge in [-0.3, -0.25) is 4.55 Å². The zero-order valence-electron chi connectivity index (χ0n) is 4.81. The first kappa shape index (κ1) is 6.44. The summed E-state index contributed by atoms with van der Waals surface area (Å²) in [4.78, 5) is 3.75. The minimum absolute atomic E-state index is 0.734. The Hall–Kier alpha value is -0.680. The summed E-state index contributed by atoms with van der Waals surface area (Å²) in [6.45, 7) is 1.75.